The molecule has 0 amide bonds. The Labute approximate surface area is 219 Å². The second kappa shape index (κ2) is 14.6. The van der Waals surface area contributed by atoms with Crippen LogP contribution in [0.5, 0.6) is 11.5 Å². The van der Waals surface area contributed by atoms with Gasteiger partial charge in [0.2, 0.25) is 0 Å². The van der Waals surface area contributed by atoms with Crippen LogP contribution in [0, 0.1) is 5.92 Å². The highest BCUT2D eigenvalue weighted by molar-refractivity contribution is 5.91. The molecule has 0 fully saturated rings. The molecule has 0 unspecified atom stereocenters. The van der Waals surface area contributed by atoms with E-state index in [-0.39, 0.29) is 5.97 Å². The van der Waals surface area contributed by atoms with Gasteiger partial charge in [-0.3, -0.25) is 4.99 Å². The SMILES string of the molecule is CCCCCOc1ccc(C(=O)Oc2ccc(C=Nc3ccc(C(=O)OC[C@@H](C)CC)cc3)cc2)cc1. The molecule has 0 aliphatic rings. The van der Waals surface area contributed by atoms with Crippen molar-refractivity contribution in [3.63, 3.8) is 0 Å². The molecule has 0 saturated heterocycles. The van der Waals surface area contributed by atoms with Crippen LogP contribution in [0.2, 0.25) is 0 Å². The first-order valence-corrected chi connectivity index (χ1v) is 12.8. The number of hydrogen-bond acceptors (Lipinski definition) is 6. The van der Waals surface area contributed by atoms with Crippen LogP contribution in [-0.2, 0) is 4.74 Å². The molecular weight excluding hydrogens is 466 g/mol. The van der Waals surface area contributed by atoms with Gasteiger partial charge in [0.05, 0.1) is 30.0 Å². The molecule has 3 rings (SSSR count). The summed E-state index contributed by atoms with van der Waals surface area (Å²) in [6.45, 7) is 7.36. The first kappa shape index (κ1) is 27.7. The number of ether oxygens (including phenoxy) is 3. The van der Waals surface area contributed by atoms with Gasteiger partial charge in [0.15, 0.2) is 0 Å². The van der Waals surface area contributed by atoms with Crippen molar-refractivity contribution in [3.05, 3.63) is 89.5 Å². The standard InChI is InChI=1S/C31H35NO5/c1-4-6-7-20-35-28-18-12-26(13-19-28)31(34)37-29-16-8-24(9-17-29)21-32-27-14-10-25(11-15-27)30(33)36-22-23(3)5-2/h8-19,21,23H,4-7,20,22H2,1-3H3/t23-/m0/s1. The van der Waals surface area contributed by atoms with Crippen molar-refractivity contribution in [3.8, 4) is 11.5 Å². The van der Waals surface area contributed by atoms with E-state index < -0.39 is 5.97 Å². The summed E-state index contributed by atoms with van der Waals surface area (Å²) in [6.07, 6.45) is 5.98. The molecular formula is C31H35NO5. The summed E-state index contributed by atoms with van der Waals surface area (Å²) in [5, 5.41) is 0. The number of benzene rings is 3. The quantitative estimate of drug-likeness (QED) is 0.105. The van der Waals surface area contributed by atoms with Crippen LogP contribution in [0.1, 0.15) is 72.7 Å². The van der Waals surface area contributed by atoms with Gasteiger partial charge in [-0.1, -0.05) is 40.0 Å². The molecule has 0 saturated carbocycles. The fourth-order valence-electron chi connectivity index (χ4n) is 3.27. The summed E-state index contributed by atoms with van der Waals surface area (Å²) in [6, 6.07) is 21.0. The molecule has 37 heavy (non-hydrogen) atoms. The van der Waals surface area contributed by atoms with Gasteiger partial charge in [0.1, 0.15) is 11.5 Å². The van der Waals surface area contributed by atoms with Crippen molar-refractivity contribution < 1.29 is 23.8 Å². The number of hydrogen-bond donors (Lipinski definition) is 0. The van der Waals surface area contributed by atoms with Crippen LogP contribution in [0.25, 0.3) is 0 Å². The zero-order valence-corrected chi connectivity index (χ0v) is 21.8. The van der Waals surface area contributed by atoms with Crippen LogP contribution in [0.3, 0.4) is 0 Å². The third-order valence-electron chi connectivity index (χ3n) is 5.86. The fraction of sp³-hybridized carbons (Fsp3) is 0.323. The summed E-state index contributed by atoms with van der Waals surface area (Å²) >= 11 is 0. The van der Waals surface area contributed by atoms with E-state index in [0.29, 0.717) is 41.7 Å². The maximum absolute atomic E-state index is 12.5. The van der Waals surface area contributed by atoms with Gasteiger partial charge < -0.3 is 14.2 Å². The lowest BCUT2D eigenvalue weighted by atomic mass is 10.1. The summed E-state index contributed by atoms with van der Waals surface area (Å²) in [7, 11) is 0. The van der Waals surface area contributed by atoms with Crippen LogP contribution in [0.15, 0.2) is 77.8 Å². The Hall–Kier alpha value is -3.93. The Balaban J connectivity index is 1.49. The molecule has 0 N–H and O–H groups in total. The molecule has 0 aliphatic heterocycles. The summed E-state index contributed by atoms with van der Waals surface area (Å²) < 4.78 is 16.5. The lowest BCUT2D eigenvalue weighted by Gasteiger charge is -2.09. The third-order valence-corrected chi connectivity index (χ3v) is 5.86. The van der Waals surface area contributed by atoms with E-state index in [1.165, 1.54) is 0 Å². The molecule has 0 radical (unpaired) electrons. The minimum atomic E-state index is -0.429. The number of unbranched alkanes of at least 4 members (excludes halogenated alkanes) is 2. The van der Waals surface area contributed by atoms with E-state index in [1.54, 1.807) is 66.9 Å². The molecule has 1 atom stereocenters. The number of rotatable bonds is 13. The normalized spacial score (nSPS) is 11.8. The predicted octanol–water partition coefficient (Wildman–Crippen LogP) is 7.43. The monoisotopic (exact) mass is 501 g/mol. The minimum Gasteiger partial charge on any atom is -0.494 e. The van der Waals surface area contributed by atoms with Gasteiger partial charge in [-0.2, -0.15) is 0 Å². The molecule has 6 nitrogen and oxygen atoms in total. The number of carbonyl (C=O) groups is 2. The third kappa shape index (κ3) is 9.22. The highest BCUT2D eigenvalue weighted by Gasteiger charge is 2.10. The van der Waals surface area contributed by atoms with Crippen LogP contribution in [0.4, 0.5) is 5.69 Å². The maximum Gasteiger partial charge on any atom is 0.343 e. The highest BCUT2D eigenvalue weighted by atomic mass is 16.5. The summed E-state index contributed by atoms with van der Waals surface area (Å²) in [5.74, 6) is 0.776. The molecule has 3 aromatic rings. The van der Waals surface area contributed by atoms with Crippen molar-refractivity contribution in [2.75, 3.05) is 13.2 Å². The Morgan fingerprint density at radius 3 is 2.08 bits per heavy atom. The Morgan fingerprint density at radius 2 is 1.43 bits per heavy atom. The van der Waals surface area contributed by atoms with Gasteiger partial charge in [0.25, 0.3) is 0 Å². The Morgan fingerprint density at radius 1 is 0.811 bits per heavy atom. The predicted molar refractivity (Wildman–Crippen MR) is 146 cm³/mol. The first-order chi connectivity index (χ1) is 18.0. The molecule has 0 aromatic heterocycles. The van der Waals surface area contributed by atoms with Crippen molar-refractivity contribution in [2.45, 2.75) is 46.5 Å². The maximum atomic E-state index is 12.5. The number of aliphatic imine (C=N–C) groups is 1. The van der Waals surface area contributed by atoms with Crippen LogP contribution >= 0.6 is 0 Å². The zero-order chi connectivity index (χ0) is 26.5. The van der Waals surface area contributed by atoms with Crippen molar-refractivity contribution in [2.24, 2.45) is 10.9 Å². The summed E-state index contributed by atoms with van der Waals surface area (Å²) in [5.41, 5.74) is 2.52. The highest BCUT2D eigenvalue weighted by Crippen LogP contribution is 2.18. The Kier molecular flexibility index (Phi) is 10.9. The van der Waals surface area contributed by atoms with Gasteiger partial charge >= 0.3 is 11.9 Å². The first-order valence-electron chi connectivity index (χ1n) is 12.8. The average Bonchev–Trinajstić information content (AvgIpc) is 2.94. The van der Waals surface area contributed by atoms with Crippen LogP contribution < -0.4 is 9.47 Å². The second-order valence-electron chi connectivity index (χ2n) is 8.96. The number of esters is 2. The van der Waals surface area contributed by atoms with E-state index in [9.17, 15) is 9.59 Å². The molecule has 3 aromatic carbocycles. The molecule has 6 heteroatoms. The molecule has 0 aliphatic carbocycles. The van der Waals surface area contributed by atoms with Crippen LogP contribution in [-0.4, -0.2) is 31.4 Å². The van der Waals surface area contributed by atoms with Gasteiger partial charge in [-0.25, -0.2) is 9.59 Å². The largest absolute Gasteiger partial charge is 0.494 e. The number of carbonyl (C=O) groups excluding carboxylic acids is 2. The Bertz CT molecular complexity index is 1150. The smallest absolute Gasteiger partial charge is 0.343 e. The van der Waals surface area contributed by atoms with E-state index in [0.717, 1.165) is 37.0 Å². The topological polar surface area (TPSA) is 74.2 Å². The molecule has 0 spiro atoms. The number of nitrogens with zero attached hydrogens (tertiary/aromatic N) is 1. The van der Waals surface area contributed by atoms with E-state index in [4.69, 9.17) is 14.2 Å². The van der Waals surface area contributed by atoms with Gasteiger partial charge in [-0.05, 0) is 90.7 Å². The zero-order valence-electron chi connectivity index (χ0n) is 21.8. The van der Waals surface area contributed by atoms with Crippen molar-refractivity contribution in [1.29, 1.82) is 0 Å². The van der Waals surface area contributed by atoms with Crippen molar-refractivity contribution in [1.82, 2.24) is 0 Å². The van der Waals surface area contributed by atoms with Gasteiger partial charge in [0, 0.05) is 6.21 Å². The average molecular weight is 502 g/mol. The summed E-state index contributed by atoms with van der Waals surface area (Å²) in [4.78, 5) is 29.0. The van der Waals surface area contributed by atoms with Crippen molar-refractivity contribution >= 4 is 23.8 Å². The minimum absolute atomic E-state index is 0.326. The fourth-order valence-corrected chi connectivity index (χ4v) is 3.27. The molecule has 0 heterocycles. The van der Waals surface area contributed by atoms with Gasteiger partial charge in [-0.15, -0.1) is 0 Å². The second-order valence-corrected chi connectivity index (χ2v) is 8.96. The molecule has 0 bridgehead atoms. The van der Waals surface area contributed by atoms with E-state index in [1.807, 2.05) is 19.1 Å². The lowest BCUT2D eigenvalue weighted by Crippen LogP contribution is -2.11. The van der Waals surface area contributed by atoms with E-state index >= 15 is 0 Å². The molecule has 194 valence electrons. The van der Waals surface area contributed by atoms with E-state index in [2.05, 4.69) is 18.8 Å². The lowest BCUT2D eigenvalue weighted by molar-refractivity contribution is 0.0447.